The number of aromatic amines is 1. The lowest BCUT2D eigenvalue weighted by atomic mass is 10.2. The van der Waals surface area contributed by atoms with Gasteiger partial charge in [-0.05, 0) is 41.3 Å². The molecule has 0 radical (unpaired) electrons. The molecule has 25 heavy (non-hydrogen) atoms. The normalized spacial score (nSPS) is 10.9. The molecule has 0 bridgehead atoms. The van der Waals surface area contributed by atoms with Crippen molar-refractivity contribution in [3.05, 3.63) is 70.9 Å². The Labute approximate surface area is 141 Å². The first-order chi connectivity index (χ1) is 12.2. The maximum absolute atomic E-state index is 10.6. The van der Waals surface area contributed by atoms with Gasteiger partial charge in [0.1, 0.15) is 11.6 Å². The van der Waals surface area contributed by atoms with E-state index in [9.17, 15) is 10.1 Å². The lowest BCUT2D eigenvalue weighted by Gasteiger charge is -2.04. The molecule has 0 fully saturated rings. The van der Waals surface area contributed by atoms with Crippen LogP contribution >= 0.6 is 0 Å². The maximum atomic E-state index is 10.6. The highest BCUT2D eigenvalue weighted by Crippen LogP contribution is 2.23. The van der Waals surface area contributed by atoms with E-state index in [1.165, 1.54) is 16.9 Å². The molecule has 8 heteroatoms. The van der Waals surface area contributed by atoms with E-state index in [4.69, 9.17) is 4.74 Å². The van der Waals surface area contributed by atoms with Crippen molar-refractivity contribution >= 4 is 16.9 Å². The number of nitrogens with one attached hydrogen (secondary N) is 1. The largest absolute Gasteiger partial charge is 0.469 e. The summed E-state index contributed by atoms with van der Waals surface area (Å²) in [7, 11) is 0. The summed E-state index contributed by atoms with van der Waals surface area (Å²) in [5.41, 5.74) is 2.84. The van der Waals surface area contributed by atoms with Crippen LogP contribution in [0.25, 0.3) is 22.4 Å². The predicted octanol–water partition coefficient (Wildman–Crippen LogP) is 3.37. The Balaban J connectivity index is 1.46. The molecule has 2 aromatic heterocycles. The van der Waals surface area contributed by atoms with Crippen LogP contribution in [-0.4, -0.2) is 24.7 Å². The Morgan fingerprint density at radius 3 is 2.64 bits per heavy atom. The molecule has 0 saturated heterocycles. The van der Waals surface area contributed by atoms with E-state index in [0.29, 0.717) is 5.75 Å². The molecular weight excluding hydrogens is 322 g/mol. The van der Waals surface area contributed by atoms with Crippen LogP contribution in [0.1, 0.15) is 0 Å². The third-order valence-corrected chi connectivity index (χ3v) is 3.69. The molecule has 0 amide bonds. The molecule has 4 rings (SSSR count). The molecule has 2 heterocycles. The minimum atomic E-state index is -0.543. The Kier molecular flexibility index (Phi) is 3.62. The lowest BCUT2D eigenvalue weighted by Crippen LogP contribution is -2.06. The van der Waals surface area contributed by atoms with Crippen molar-refractivity contribution in [3.8, 4) is 17.1 Å². The number of hydrogen-bond acceptors (Lipinski definition) is 5. The van der Waals surface area contributed by atoms with Crippen LogP contribution < -0.4 is 4.74 Å². The van der Waals surface area contributed by atoms with Gasteiger partial charge in [-0.2, -0.15) is 0 Å². The molecule has 0 atom stereocenters. The number of ether oxygens (including phenoxy) is 1. The molecule has 0 aliphatic rings. The first kappa shape index (κ1) is 14.9. The Morgan fingerprint density at radius 1 is 1.12 bits per heavy atom. The second-order valence-corrected chi connectivity index (χ2v) is 5.37. The van der Waals surface area contributed by atoms with E-state index in [0.717, 1.165) is 22.4 Å². The summed E-state index contributed by atoms with van der Waals surface area (Å²) in [6.45, 7) is 0.0951. The SMILES string of the molecule is O=[N+]([O-])c1ccn(COc2ccc(-c3nc4ccccc4[nH]3)cc2)n1. The Bertz CT molecular complexity index is 1000. The number of nitro groups is 1. The van der Waals surface area contributed by atoms with Gasteiger partial charge in [-0.15, -0.1) is 4.68 Å². The summed E-state index contributed by atoms with van der Waals surface area (Å²) < 4.78 is 6.95. The minimum absolute atomic E-state index is 0.0951. The van der Waals surface area contributed by atoms with Gasteiger partial charge in [0.15, 0.2) is 0 Å². The lowest BCUT2D eigenvalue weighted by molar-refractivity contribution is -0.389. The predicted molar refractivity (Wildman–Crippen MR) is 91.0 cm³/mol. The number of benzene rings is 2. The number of fused-ring (bicyclic) bond motifs is 1. The molecule has 0 aliphatic heterocycles. The van der Waals surface area contributed by atoms with Crippen molar-refractivity contribution in [3.63, 3.8) is 0 Å². The van der Waals surface area contributed by atoms with E-state index in [1.807, 2.05) is 48.5 Å². The second kappa shape index (κ2) is 6.08. The summed E-state index contributed by atoms with van der Waals surface area (Å²) in [6, 6.07) is 16.6. The molecule has 2 aromatic carbocycles. The average molecular weight is 335 g/mol. The summed E-state index contributed by atoms with van der Waals surface area (Å²) in [5.74, 6) is 1.22. The highest BCUT2D eigenvalue weighted by atomic mass is 16.6. The molecule has 0 unspecified atom stereocenters. The van der Waals surface area contributed by atoms with E-state index < -0.39 is 4.92 Å². The molecular formula is C17H13N5O3. The van der Waals surface area contributed by atoms with Gasteiger partial charge in [0, 0.05) is 5.56 Å². The first-order valence-corrected chi connectivity index (χ1v) is 7.55. The zero-order chi connectivity index (χ0) is 17.2. The van der Waals surface area contributed by atoms with Crippen molar-refractivity contribution < 1.29 is 9.66 Å². The summed E-state index contributed by atoms with van der Waals surface area (Å²) in [4.78, 5) is 17.9. The second-order valence-electron chi connectivity index (χ2n) is 5.37. The molecule has 8 nitrogen and oxygen atoms in total. The van der Waals surface area contributed by atoms with Gasteiger partial charge in [0.25, 0.3) is 0 Å². The molecule has 4 aromatic rings. The van der Waals surface area contributed by atoms with Gasteiger partial charge in [-0.1, -0.05) is 12.1 Å². The van der Waals surface area contributed by atoms with Crippen LogP contribution in [0, 0.1) is 10.1 Å². The van der Waals surface area contributed by atoms with E-state index >= 15 is 0 Å². The summed E-state index contributed by atoms with van der Waals surface area (Å²) >= 11 is 0. The first-order valence-electron chi connectivity index (χ1n) is 7.55. The quantitative estimate of drug-likeness (QED) is 0.445. The van der Waals surface area contributed by atoms with Crippen LogP contribution in [-0.2, 0) is 6.73 Å². The van der Waals surface area contributed by atoms with Crippen molar-refractivity contribution in [2.24, 2.45) is 0 Å². The summed E-state index contributed by atoms with van der Waals surface area (Å²) in [5, 5.41) is 14.4. The van der Waals surface area contributed by atoms with E-state index in [2.05, 4.69) is 15.1 Å². The Morgan fingerprint density at radius 2 is 1.92 bits per heavy atom. The minimum Gasteiger partial charge on any atom is -0.469 e. The highest BCUT2D eigenvalue weighted by Gasteiger charge is 2.11. The highest BCUT2D eigenvalue weighted by molar-refractivity contribution is 5.79. The van der Waals surface area contributed by atoms with Crippen LogP contribution in [0.3, 0.4) is 0 Å². The van der Waals surface area contributed by atoms with Crippen molar-refractivity contribution in [2.45, 2.75) is 6.73 Å². The van der Waals surface area contributed by atoms with E-state index in [-0.39, 0.29) is 12.5 Å². The topological polar surface area (TPSA) is 98.9 Å². The standard InChI is InChI=1S/C17H13N5O3/c23-22(24)16-9-10-21(20-16)11-25-13-7-5-12(6-8-13)17-18-14-3-1-2-4-15(14)19-17/h1-10H,11H2,(H,18,19). The fourth-order valence-corrected chi connectivity index (χ4v) is 2.46. The monoisotopic (exact) mass is 335 g/mol. The van der Waals surface area contributed by atoms with Gasteiger partial charge < -0.3 is 19.8 Å². The molecule has 0 spiro atoms. The molecule has 0 aliphatic carbocycles. The molecule has 1 N–H and O–H groups in total. The number of imidazole rings is 1. The number of hydrogen-bond donors (Lipinski definition) is 1. The Hall–Kier alpha value is -3.68. The molecule has 124 valence electrons. The van der Waals surface area contributed by atoms with Crippen LogP contribution in [0.15, 0.2) is 60.8 Å². The number of H-pyrrole nitrogens is 1. The third kappa shape index (κ3) is 3.05. The number of nitrogens with zero attached hydrogens (tertiary/aromatic N) is 4. The zero-order valence-corrected chi connectivity index (χ0v) is 13.0. The van der Waals surface area contributed by atoms with E-state index in [1.54, 1.807) is 0 Å². The number of para-hydroxylation sites is 2. The van der Waals surface area contributed by atoms with Crippen LogP contribution in [0.5, 0.6) is 5.75 Å². The van der Waals surface area contributed by atoms with Crippen LogP contribution in [0.4, 0.5) is 5.82 Å². The van der Waals surface area contributed by atoms with Gasteiger partial charge in [0.2, 0.25) is 6.73 Å². The third-order valence-electron chi connectivity index (χ3n) is 3.69. The van der Waals surface area contributed by atoms with Gasteiger partial charge in [0.05, 0.1) is 28.4 Å². The smallest absolute Gasteiger partial charge is 0.390 e. The van der Waals surface area contributed by atoms with Crippen molar-refractivity contribution in [2.75, 3.05) is 0 Å². The van der Waals surface area contributed by atoms with Gasteiger partial charge in [-0.25, -0.2) is 4.98 Å². The van der Waals surface area contributed by atoms with Gasteiger partial charge in [-0.3, -0.25) is 0 Å². The van der Waals surface area contributed by atoms with Crippen molar-refractivity contribution in [1.82, 2.24) is 19.7 Å². The fourth-order valence-electron chi connectivity index (χ4n) is 2.46. The zero-order valence-electron chi connectivity index (χ0n) is 13.0. The summed E-state index contributed by atoms with van der Waals surface area (Å²) in [6.07, 6.45) is 1.50. The maximum Gasteiger partial charge on any atom is 0.390 e. The van der Waals surface area contributed by atoms with Crippen LogP contribution in [0.2, 0.25) is 0 Å². The number of rotatable bonds is 5. The fraction of sp³-hybridized carbons (Fsp3) is 0.0588. The number of aromatic nitrogens is 4. The average Bonchev–Trinajstić information content (AvgIpc) is 3.27. The molecule has 0 saturated carbocycles. The van der Waals surface area contributed by atoms with Gasteiger partial charge >= 0.3 is 5.82 Å². The van der Waals surface area contributed by atoms with Crippen molar-refractivity contribution in [1.29, 1.82) is 0 Å².